The zero-order valence-electron chi connectivity index (χ0n) is 16.7. The molecular weight excluding hydrogens is 453 g/mol. The van der Waals surface area contributed by atoms with Crippen molar-refractivity contribution in [1.82, 2.24) is 5.32 Å². The molecule has 0 unspecified atom stereocenters. The van der Waals surface area contributed by atoms with E-state index in [2.05, 4.69) is 55.3 Å². The Balaban J connectivity index is 0.00000364. The van der Waals surface area contributed by atoms with Gasteiger partial charge in [-0.15, -0.1) is 24.0 Å². The molecule has 2 aromatic rings. The molecule has 0 saturated carbocycles. The van der Waals surface area contributed by atoms with E-state index in [4.69, 9.17) is 15.2 Å². The van der Waals surface area contributed by atoms with Crippen LogP contribution in [-0.2, 0) is 12.0 Å². The van der Waals surface area contributed by atoms with Crippen LogP contribution in [0, 0.1) is 6.92 Å². The van der Waals surface area contributed by atoms with E-state index in [9.17, 15) is 0 Å². The van der Waals surface area contributed by atoms with E-state index in [0.717, 1.165) is 5.56 Å². The average molecular weight is 483 g/mol. The first-order chi connectivity index (χ1) is 12.4. The van der Waals surface area contributed by atoms with E-state index in [1.807, 2.05) is 18.2 Å². The quantitative estimate of drug-likeness (QED) is 0.355. The summed E-state index contributed by atoms with van der Waals surface area (Å²) in [7, 11) is 3.24. The van der Waals surface area contributed by atoms with Crippen LogP contribution >= 0.6 is 24.0 Å². The van der Waals surface area contributed by atoms with Crippen molar-refractivity contribution in [2.24, 2.45) is 10.7 Å². The van der Waals surface area contributed by atoms with Gasteiger partial charge in [-0.3, -0.25) is 0 Å². The van der Waals surface area contributed by atoms with Crippen molar-refractivity contribution >= 4 is 29.9 Å². The largest absolute Gasteiger partial charge is 0.493 e. The van der Waals surface area contributed by atoms with E-state index in [1.54, 1.807) is 14.2 Å². The van der Waals surface area contributed by atoms with Gasteiger partial charge >= 0.3 is 0 Å². The summed E-state index contributed by atoms with van der Waals surface area (Å²) in [6.45, 7) is 7.65. The monoisotopic (exact) mass is 483 g/mol. The van der Waals surface area contributed by atoms with Crippen molar-refractivity contribution in [2.75, 3.05) is 20.8 Å². The van der Waals surface area contributed by atoms with Gasteiger partial charge in [0.25, 0.3) is 0 Å². The lowest BCUT2D eigenvalue weighted by molar-refractivity contribution is 0.354. The second-order valence-electron chi connectivity index (χ2n) is 6.99. The first-order valence-corrected chi connectivity index (χ1v) is 8.67. The lowest BCUT2D eigenvalue weighted by Crippen LogP contribution is -2.40. The smallest absolute Gasteiger partial charge is 0.188 e. The minimum atomic E-state index is -0.0445. The number of methoxy groups -OCH3 is 2. The zero-order chi connectivity index (χ0) is 19.2. The van der Waals surface area contributed by atoms with E-state index in [-0.39, 0.29) is 29.4 Å². The fraction of sp³-hybridized carbons (Fsp3) is 0.381. The molecule has 0 heterocycles. The van der Waals surface area contributed by atoms with Gasteiger partial charge in [0.05, 0.1) is 20.8 Å². The summed E-state index contributed by atoms with van der Waals surface area (Å²) in [5, 5.41) is 3.23. The molecule has 0 spiro atoms. The molecule has 0 aliphatic rings. The Morgan fingerprint density at radius 3 is 2.26 bits per heavy atom. The summed E-state index contributed by atoms with van der Waals surface area (Å²) in [6, 6.07) is 14.3. The highest BCUT2D eigenvalue weighted by atomic mass is 127. The molecule has 0 aliphatic heterocycles. The Morgan fingerprint density at radius 2 is 1.67 bits per heavy atom. The molecular formula is C21H30IN3O2. The number of aliphatic imine (C=N–C) groups is 1. The third kappa shape index (κ3) is 6.61. The molecule has 2 aromatic carbocycles. The molecule has 148 valence electrons. The molecule has 0 atom stereocenters. The number of nitrogens with one attached hydrogen (secondary N) is 1. The van der Waals surface area contributed by atoms with Crippen LogP contribution in [0.15, 0.2) is 47.5 Å². The molecule has 0 aliphatic carbocycles. The number of benzene rings is 2. The molecule has 0 amide bonds. The van der Waals surface area contributed by atoms with Crippen LogP contribution in [0.25, 0.3) is 0 Å². The van der Waals surface area contributed by atoms with Crippen LogP contribution in [-0.4, -0.2) is 26.7 Å². The molecule has 27 heavy (non-hydrogen) atoms. The minimum Gasteiger partial charge on any atom is -0.493 e. The zero-order valence-corrected chi connectivity index (χ0v) is 19.0. The van der Waals surface area contributed by atoms with Crippen LogP contribution in [0.4, 0.5) is 0 Å². The van der Waals surface area contributed by atoms with Gasteiger partial charge in [0.1, 0.15) is 0 Å². The molecule has 0 bridgehead atoms. The Morgan fingerprint density at radius 1 is 1.04 bits per heavy atom. The summed E-state index contributed by atoms with van der Waals surface area (Å²) in [5.41, 5.74) is 9.53. The fourth-order valence-electron chi connectivity index (χ4n) is 2.63. The van der Waals surface area contributed by atoms with Crippen LogP contribution in [0.3, 0.4) is 0 Å². The molecule has 3 N–H and O–H groups in total. The summed E-state index contributed by atoms with van der Waals surface area (Å²) >= 11 is 0. The number of nitrogens with two attached hydrogens (primary N) is 1. The first-order valence-electron chi connectivity index (χ1n) is 8.67. The van der Waals surface area contributed by atoms with Crippen molar-refractivity contribution in [2.45, 2.75) is 32.7 Å². The van der Waals surface area contributed by atoms with Crippen molar-refractivity contribution < 1.29 is 9.47 Å². The van der Waals surface area contributed by atoms with Gasteiger partial charge in [-0.25, -0.2) is 4.99 Å². The Kier molecular flexibility index (Phi) is 8.88. The predicted molar refractivity (Wildman–Crippen MR) is 122 cm³/mol. The summed E-state index contributed by atoms with van der Waals surface area (Å²) in [6.07, 6.45) is 0. The highest BCUT2D eigenvalue weighted by Crippen LogP contribution is 2.27. The molecule has 0 saturated heterocycles. The lowest BCUT2D eigenvalue weighted by atomic mass is 9.84. The van der Waals surface area contributed by atoms with Gasteiger partial charge in [0.2, 0.25) is 0 Å². The third-order valence-corrected chi connectivity index (χ3v) is 4.42. The van der Waals surface area contributed by atoms with Crippen molar-refractivity contribution in [3.63, 3.8) is 0 Å². The van der Waals surface area contributed by atoms with E-state index in [1.165, 1.54) is 11.1 Å². The van der Waals surface area contributed by atoms with Gasteiger partial charge in [-0.05, 0) is 30.2 Å². The van der Waals surface area contributed by atoms with Crippen LogP contribution in [0.2, 0.25) is 0 Å². The molecule has 2 rings (SSSR count). The van der Waals surface area contributed by atoms with Crippen molar-refractivity contribution in [3.8, 4) is 11.5 Å². The minimum absolute atomic E-state index is 0. The second kappa shape index (κ2) is 10.4. The number of rotatable bonds is 7. The first kappa shape index (κ1) is 23.1. The molecule has 0 fully saturated rings. The lowest BCUT2D eigenvalue weighted by Gasteiger charge is -2.26. The number of hydrogen-bond acceptors (Lipinski definition) is 3. The van der Waals surface area contributed by atoms with Gasteiger partial charge < -0.3 is 20.5 Å². The SMILES string of the molecule is COc1ccc(CN=C(N)NCC(C)(C)c2ccc(C)cc2)cc1OC.I. The standard InChI is InChI=1S/C21H29N3O2.HI/c1-15-6-9-17(10-7-15)21(2,3)14-24-20(22)23-13-16-8-11-18(25-4)19(12-16)26-5;/h6-12H,13-14H2,1-5H3,(H3,22,23,24);1H. The van der Waals surface area contributed by atoms with Gasteiger partial charge in [0, 0.05) is 12.0 Å². The maximum Gasteiger partial charge on any atom is 0.188 e. The average Bonchev–Trinajstić information content (AvgIpc) is 2.64. The highest BCUT2D eigenvalue weighted by Gasteiger charge is 2.20. The normalized spacial score (nSPS) is 11.5. The Bertz CT molecular complexity index is 759. The number of guanidine groups is 1. The number of nitrogens with zero attached hydrogens (tertiary/aromatic N) is 1. The maximum absolute atomic E-state index is 6.04. The fourth-order valence-corrected chi connectivity index (χ4v) is 2.63. The summed E-state index contributed by atoms with van der Waals surface area (Å²) in [4.78, 5) is 4.42. The van der Waals surface area contributed by atoms with Crippen molar-refractivity contribution in [3.05, 3.63) is 59.2 Å². The molecule has 0 radical (unpaired) electrons. The molecule has 5 nitrogen and oxygen atoms in total. The molecule has 6 heteroatoms. The van der Waals surface area contributed by atoms with Gasteiger partial charge in [-0.1, -0.05) is 49.7 Å². The topological polar surface area (TPSA) is 68.9 Å². The van der Waals surface area contributed by atoms with Crippen LogP contribution in [0.1, 0.15) is 30.5 Å². The molecule has 0 aromatic heterocycles. The number of ether oxygens (including phenoxy) is 2. The Hall–Kier alpha value is -1.96. The van der Waals surface area contributed by atoms with Crippen molar-refractivity contribution in [1.29, 1.82) is 0 Å². The van der Waals surface area contributed by atoms with Crippen LogP contribution < -0.4 is 20.5 Å². The van der Waals surface area contributed by atoms with E-state index < -0.39 is 0 Å². The summed E-state index contributed by atoms with van der Waals surface area (Å²) < 4.78 is 10.6. The second-order valence-corrected chi connectivity index (χ2v) is 6.99. The van der Waals surface area contributed by atoms with Crippen LogP contribution in [0.5, 0.6) is 11.5 Å². The third-order valence-electron chi connectivity index (χ3n) is 4.42. The Labute approximate surface area is 179 Å². The van der Waals surface area contributed by atoms with Gasteiger partial charge in [0.15, 0.2) is 17.5 Å². The highest BCUT2D eigenvalue weighted by molar-refractivity contribution is 14.0. The number of hydrogen-bond donors (Lipinski definition) is 2. The number of aryl methyl sites for hydroxylation is 1. The predicted octanol–water partition coefficient (Wildman–Crippen LogP) is 4.01. The van der Waals surface area contributed by atoms with E-state index in [0.29, 0.717) is 30.5 Å². The number of halogens is 1. The van der Waals surface area contributed by atoms with Gasteiger partial charge in [-0.2, -0.15) is 0 Å². The van der Waals surface area contributed by atoms with E-state index >= 15 is 0 Å². The summed E-state index contributed by atoms with van der Waals surface area (Å²) in [5.74, 6) is 1.82. The maximum atomic E-state index is 6.04.